The van der Waals surface area contributed by atoms with Gasteiger partial charge in [-0.25, -0.2) is 0 Å². The zero-order valence-electron chi connectivity index (χ0n) is 22.6. The number of nitrogens with one attached hydrogen (secondary N) is 2. The van der Waals surface area contributed by atoms with Crippen LogP contribution in [0.2, 0.25) is 0 Å². The maximum Gasteiger partial charge on any atom is 0.308 e. The number of methoxy groups -OCH3 is 2. The van der Waals surface area contributed by atoms with E-state index in [-0.39, 0.29) is 10.8 Å². The molecule has 12 heteroatoms. The molecule has 2 atom stereocenters. The van der Waals surface area contributed by atoms with Crippen LogP contribution in [0.15, 0.2) is 0 Å². The second-order valence-corrected chi connectivity index (χ2v) is 11.2. The summed E-state index contributed by atoms with van der Waals surface area (Å²) in [4.78, 5) is 78.4. The van der Waals surface area contributed by atoms with E-state index in [4.69, 9.17) is 0 Å². The van der Waals surface area contributed by atoms with Gasteiger partial charge in [-0.15, -0.1) is 0 Å². The number of rotatable bonds is 10. The zero-order valence-corrected chi connectivity index (χ0v) is 22.6. The number of ether oxygens (including phenoxy) is 2. The molecule has 0 aromatic rings. The third kappa shape index (κ3) is 9.82. The average molecular weight is 513 g/mol. The molecule has 1 saturated heterocycles. The minimum atomic E-state index is -1.38. The Hall–Kier alpha value is -3.18. The first-order valence-electron chi connectivity index (χ1n) is 11.8. The summed E-state index contributed by atoms with van der Waals surface area (Å²) in [6.45, 7) is 11.1. The lowest BCUT2D eigenvalue weighted by molar-refractivity contribution is -0.169. The van der Waals surface area contributed by atoms with Gasteiger partial charge in [0.1, 0.15) is 25.2 Å². The van der Waals surface area contributed by atoms with E-state index in [1.54, 1.807) is 0 Å². The Morgan fingerprint density at radius 3 is 1.25 bits per heavy atom. The van der Waals surface area contributed by atoms with Crippen LogP contribution in [0.5, 0.6) is 0 Å². The van der Waals surface area contributed by atoms with Crippen LogP contribution >= 0.6 is 0 Å². The summed E-state index contributed by atoms with van der Waals surface area (Å²) in [5.74, 6) is -4.11. The van der Waals surface area contributed by atoms with E-state index in [2.05, 4.69) is 20.1 Å². The van der Waals surface area contributed by atoms with Crippen molar-refractivity contribution in [3.63, 3.8) is 0 Å². The molecule has 0 aromatic heterocycles. The highest BCUT2D eigenvalue weighted by molar-refractivity contribution is 6.03. The van der Waals surface area contributed by atoms with Gasteiger partial charge in [-0.1, -0.05) is 41.5 Å². The van der Waals surface area contributed by atoms with Crippen molar-refractivity contribution >= 4 is 35.6 Å². The fourth-order valence-corrected chi connectivity index (χ4v) is 3.36. The van der Waals surface area contributed by atoms with Gasteiger partial charge in [0.25, 0.3) is 0 Å². The molecule has 204 valence electrons. The predicted molar refractivity (Wildman–Crippen MR) is 129 cm³/mol. The maximum absolute atomic E-state index is 13.5. The van der Waals surface area contributed by atoms with Crippen LogP contribution in [-0.4, -0.2) is 97.8 Å². The number of hydrogen-bond donors (Lipinski definition) is 2. The molecule has 0 unspecified atom stereocenters. The Kier molecular flexibility index (Phi) is 10.9. The molecular weight excluding hydrogens is 472 g/mol. The standard InChI is InChI=1S/C24H40N4O8/c1-23(2,3)13-25-17(29)11-27-15(9-19(31)35-7)22(34)28(12-18(30)26-14-24(4,5)6)16(21(27)33)10-20(32)36-8/h15-16H,9-14H2,1-8H3,(H,25,29)(H,26,30)/t15-,16-/m0/s1. The van der Waals surface area contributed by atoms with Gasteiger partial charge in [0.05, 0.1) is 27.1 Å². The van der Waals surface area contributed by atoms with Gasteiger partial charge in [0.2, 0.25) is 23.6 Å². The van der Waals surface area contributed by atoms with Crippen molar-refractivity contribution in [1.82, 2.24) is 20.4 Å². The van der Waals surface area contributed by atoms with Crippen molar-refractivity contribution in [3.8, 4) is 0 Å². The van der Waals surface area contributed by atoms with Crippen molar-refractivity contribution in [2.75, 3.05) is 40.4 Å². The monoisotopic (exact) mass is 512 g/mol. The highest BCUT2D eigenvalue weighted by atomic mass is 16.5. The van der Waals surface area contributed by atoms with Crippen molar-refractivity contribution in [1.29, 1.82) is 0 Å². The van der Waals surface area contributed by atoms with Gasteiger partial charge in [-0.3, -0.25) is 28.8 Å². The molecule has 0 saturated carbocycles. The summed E-state index contributed by atoms with van der Waals surface area (Å²) in [5.41, 5.74) is -0.457. The minimum absolute atomic E-state index is 0.229. The molecule has 0 spiro atoms. The van der Waals surface area contributed by atoms with Gasteiger partial charge in [-0.2, -0.15) is 0 Å². The molecule has 0 aromatic carbocycles. The zero-order chi connectivity index (χ0) is 27.8. The molecule has 36 heavy (non-hydrogen) atoms. The Morgan fingerprint density at radius 2 is 1.00 bits per heavy atom. The normalized spacial score (nSPS) is 18.6. The highest BCUT2D eigenvalue weighted by Crippen LogP contribution is 2.24. The molecule has 1 aliphatic rings. The molecule has 1 aliphatic heterocycles. The summed E-state index contributed by atoms with van der Waals surface area (Å²) < 4.78 is 9.36. The number of piperazine rings is 1. The quantitative estimate of drug-likeness (QED) is 0.383. The Morgan fingerprint density at radius 1 is 0.694 bits per heavy atom. The molecule has 1 rings (SSSR count). The molecule has 4 amide bonds. The van der Waals surface area contributed by atoms with E-state index in [1.165, 1.54) is 0 Å². The van der Waals surface area contributed by atoms with Crippen molar-refractivity contribution < 1.29 is 38.2 Å². The van der Waals surface area contributed by atoms with E-state index >= 15 is 0 Å². The number of carbonyl (C=O) groups excluding carboxylic acids is 6. The summed E-state index contributed by atoms with van der Waals surface area (Å²) in [6, 6.07) is -2.76. The maximum atomic E-state index is 13.5. The fourth-order valence-electron chi connectivity index (χ4n) is 3.36. The molecule has 2 N–H and O–H groups in total. The topological polar surface area (TPSA) is 151 Å². The first-order chi connectivity index (χ1) is 16.5. The number of carbonyl (C=O) groups is 6. The van der Waals surface area contributed by atoms with E-state index in [9.17, 15) is 28.8 Å². The van der Waals surface area contributed by atoms with Crippen LogP contribution in [-0.2, 0) is 38.2 Å². The molecular formula is C24H40N4O8. The lowest BCUT2D eigenvalue weighted by Gasteiger charge is -2.44. The van der Waals surface area contributed by atoms with Crippen LogP contribution in [0.1, 0.15) is 54.4 Å². The Bertz CT molecular complexity index is 789. The predicted octanol–water partition coefficient (Wildman–Crippen LogP) is -0.155. The third-order valence-electron chi connectivity index (χ3n) is 5.32. The van der Waals surface area contributed by atoms with E-state index < -0.39 is 73.6 Å². The van der Waals surface area contributed by atoms with Gasteiger partial charge in [0.15, 0.2) is 0 Å². The molecule has 1 fully saturated rings. The van der Waals surface area contributed by atoms with Gasteiger partial charge in [0, 0.05) is 13.1 Å². The van der Waals surface area contributed by atoms with Crippen molar-refractivity contribution in [3.05, 3.63) is 0 Å². The van der Waals surface area contributed by atoms with Crippen LogP contribution in [0.25, 0.3) is 0 Å². The van der Waals surface area contributed by atoms with Gasteiger partial charge >= 0.3 is 11.9 Å². The van der Waals surface area contributed by atoms with E-state index in [0.717, 1.165) is 24.0 Å². The van der Waals surface area contributed by atoms with Crippen LogP contribution in [0, 0.1) is 10.8 Å². The lowest BCUT2D eigenvalue weighted by atomic mass is 9.96. The average Bonchev–Trinajstić information content (AvgIpc) is 2.77. The molecule has 1 heterocycles. The smallest absolute Gasteiger partial charge is 0.308 e. The summed E-state index contributed by atoms with van der Waals surface area (Å²) in [6.07, 6.45) is -1.03. The lowest BCUT2D eigenvalue weighted by Crippen LogP contribution is -2.67. The summed E-state index contributed by atoms with van der Waals surface area (Å²) in [7, 11) is 2.27. The summed E-state index contributed by atoms with van der Waals surface area (Å²) >= 11 is 0. The number of nitrogens with zero attached hydrogens (tertiary/aromatic N) is 2. The minimum Gasteiger partial charge on any atom is -0.469 e. The Labute approximate surface area is 212 Å². The van der Waals surface area contributed by atoms with Crippen LogP contribution in [0.3, 0.4) is 0 Å². The number of amides is 4. The second-order valence-electron chi connectivity index (χ2n) is 11.2. The third-order valence-corrected chi connectivity index (χ3v) is 5.32. The highest BCUT2D eigenvalue weighted by Gasteiger charge is 2.48. The first kappa shape index (κ1) is 30.9. The first-order valence-corrected chi connectivity index (χ1v) is 11.8. The number of hydrogen-bond acceptors (Lipinski definition) is 8. The van der Waals surface area contributed by atoms with Gasteiger partial charge < -0.3 is 29.9 Å². The van der Waals surface area contributed by atoms with Crippen molar-refractivity contribution in [2.24, 2.45) is 10.8 Å². The van der Waals surface area contributed by atoms with Gasteiger partial charge in [-0.05, 0) is 10.8 Å². The second kappa shape index (κ2) is 12.7. The fraction of sp³-hybridized carbons (Fsp3) is 0.750. The molecule has 12 nitrogen and oxygen atoms in total. The Balaban J connectivity index is 3.30. The molecule has 0 radical (unpaired) electrons. The van der Waals surface area contributed by atoms with Crippen molar-refractivity contribution in [2.45, 2.75) is 66.5 Å². The van der Waals surface area contributed by atoms with E-state index in [1.807, 2.05) is 41.5 Å². The number of esters is 2. The largest absolute Gasteiger partial charge is 0.469 e. The SMILES string of the molecule is COC(=O)C[C@H]1C(=O)N(CC(=O)NCC(C)(C)C)[C@@H](CC(=O)OC)C(=O)N1CC(=O)NCC(C)(C)C. The van der Waals surface area contributed by atoms with Crippen LogP contribution in [0.4, 0.5) is 0 Å². The molecule has 0 bridgehead atoms. The van der Waals surface area contributed by atoms with Crippen LogP contribution < -0.4 is 10.6 Å². The van der Waals surface area contributed by atoms with E-state index in [0.29, 0.717) is 13.1 Å². The molecule has 0 aliphatic carbocycles. The summed E-state index contributed by atoms with van der Waals surface area (Å²) in [5, 5.41) is 5.41.